The van der Waals surface area contributed by atoms with E-state index in [1.807, 2.05) is 0 Å². The van der Waals surface area contributed by atoms with Gasteiger partial charge in [-0.25, -0.2) is 0 Å². The van der Waals surface area contributed by atoms with Crippen LogP contribution in [0.15, 0.2) is 0 Å². The van der Waals surface area contributed by atoms with E-state index < -0.39 is 0 Å². The van der Waals surface area contributed by atoms with Crippen molar-refractivity contribution in [3.63, 3.8) is 0 Å². The van der Waals surface area contributed by atoms with Gasteiger partial charge in [0.25, 0.3) is 0 Å². The second-order valence-corrected chi connectivity index (χ2v) is 0. The minimum atomic E-state index is 0. The molecular weight excluding hydrogens is 201 g/mol. The number of hydrogen-bond donors (Lipinski definition) is 0. The Morgan fingerprint density at radius 1 is 0.500 bits per heavy atom. The minimum Gasteiger partial charge on any atom is -0.870 e. The molecule has 0 aliphatic carbocycles. The van der Waals surface area contributed by atoms with E-state index in [0.29, 0.717) is 0 Å². The predicted octanol–water partition coefficient (Wildman–Crippen LogP) is -3.89. The summed E-state index contributed by atoms with van der Waals surface area (Å²) in [5.41, 5.74) is 0. The van der Waals surface area contributed by atoms with Gasteiger partial charge in [0.2, 0.25) is 0 Å². The van der Waals surface area contributed by atoms with E-state index >= 15 is 0 Å². The second-order valence-electron chi connectivity index (χ2n) is 0. The Morgan fingerprint density at radius 2 is 0.500 bits per heavy atom. The largest absolute Gasteiger partial charge is 2.00 e. The standard InChI is InChI=1S/Co.Li.Mn.5H2O/h;;;5*1H2/q+2;+1;+2;;;;;/p-5. The van der Waals surface area contributed by atoms with Crippen molar-refractivity contribution in [3.8, 4) is 0 Å². The van der Waals surface area contributed by atoms with Gasteiger partial charge in [-0.05, 0) is 0 Å². The molecule has 0 heterocycles. The molecule has 0 aliphatic heterocycles. The third-order valence-corrected chi connectivity index (χ3v) is 0. The van der Waals surface area contributed by atoms with Crippen LogP contribution in [0.3, 0.4) is 0 Å². The monoisotopic (exact) mass is 206 g/mol. The van der Waals surface area contributed by atoms with Crippen molar-refractivity contribution >= 4 is 0 Å². The average molecular weight is 206 g/mol. The first-order valence-electron chi connectivity index (χ1n) is 0. The fraction of sp³-hybridized carbons (Fsp3) is 0. The Labute approximate surface area is 80.0 Å². The average Bonchev–Trinajstić information content (AvgIpc) is 0. The van der Waals surface area contributed by atoms with Crippen molar-refractivity contribution in [1.29, 1.82) is 0 Å². The zero-order chi connectivity index (χ0) is 0. The van der Waals surface area contributed by atoms with Gasteiger partial charge in [-0.2, -0.15) is 0 Å². The Balaban J connectivity index is 0. The van der Waals surface area contributed by atoms with Crippen molar-refractivity contribution in [3.05, 3.63) is 0 Å². The summed E-state index contributed by atoms with van der Waals surface area (Å²) in [5, 5.41) is 0. The van der Waals surface area contributed by atoms with Crippen LogP contribution in [0.25, 0.3) is 0 Å². The molecule has 0 rings (SSSR count). The SMILES string of the molecule is [Co+2].[Li+].[Mn+2].[OH-].[OH-].[OH-].[OH-].[OH-]. The van der Waals surface area contributed by atoms with Gasteiger partial charge in [0.05, 0.1) is 0 Å². The summed E-state index contributed by atoms with van der Waals surface area (Å²) < 4.78 is 0. The van der Waals surface area contributed by atoms with Crippen LogP contribution in [0.2, 0.25) is 0 Å². The van der Waals surface area contributed by atoms with Gasteiger partial charge in [0.1, 0.15) is 0 Å². The van der Waals surface area contributed by atoms with Gasteiger partial charge in [-0.1, -0.05) is 0 Å². The molecule has 0 aromatic heterocycles. The van der Waals surface area contributed by atoms with Crippen molar-refractivity contribution in [2.45, 2.75) is 0 Å². The van der Waals surface area contributed by atoms with E-state index in [1.165, 1.54) is 0 Å². The van der Waals surface area contributed by atoms with Crippen molar-refractivity contribution in [2.75, 3.05) is 0 Å². The van der Waals surface area contributed by atoms with Gasteiger partial charge < -0.3 is 27.4 Å². The molecule has 5 N–H and O–H groups in total. The van der Waals surface area contributed by atoms with Gasteiger partial charge in [-0.3, -0.25) is 0 Å². The zero-order valence-electron chi connectivity index (χ0n) is 3.95. The third-order valence-electron chi connectivity index (χ3n) is 0. The molecule has 0 saturated heterocycles. The van der Waals surface area contributed by atoms with Crippen molar-refractivity contribution in [2.24, 2.45) is 0 Å². The summed E-state index contributed by atoms with van der Waals surface area (Å²) in [4.78, 5) is 0. The van der Waals surface area contributed by atoms with Crippen LogP contribution in [0.5, 0.6) is 0 Å². The molecule has 8 heavy (non-hydrogen) atoms. The molecule has 5 nitrogen and oxygen atoms in total. The van der Waals surface area contributed by atoms with E-state index in [0.717, 1.165) is 0 Å². The molecule has 0 aromatic rings. The molecule has 0 aromatic carbocycles. The van der Waals surface area contributed by atoms with Gasteiger partial charge in [0, 0.05) is 0 Å². The van der Waals surface area contributed by atoms with E-state index in [2.05, 4.69) is 0 Å². The molecule has 2 radical (unpaired) electrons. The summed E-state index contributed by atoms with van der Waals surface area (Å²) in [6, 6.07) is 0. The summed E-state index contributed by atoms with van der Waals surface area (Å²) in [6.07, 6.45) is 0. The zero-order valence-corrected chi connectivity index (χ0v) is 6.17. The fourth-order valence-electron chi connectivity index (χ4n) is 0. The first-order valence-corrected chi connectivity index (χ1v) is 0. The fourth-order valence-corrected chi connectivity index (χ4v) is 0. The Morgan fingerprint density at radius 3 is 0.500 bits per heavy atom. The molecule has 52 valence electrons. The number of rotatable bonds is 0. The summed E-state index contributed by atoms with van der Waals surface area (Å²) in [7, 11) is 0. The Hall–Kier alpha value is 1.42. The number of hydrogen-bond acceptors (Lipinski definition) is 5. The van der Waals surface area contributed by atoms with Crippen molar-refractivity contribution in [1.82, 2.24) is 0 Å². The van der Waals surface area contributed by atoms with E-state index in [9.17, 15) is 0 Å². The van der Waals surface area contributed by atoms with Gasteiger partial charge >= 0.3 is 52.7 Å². The van der Waals surface area contributed by atoms with Crippen LogP contribution in [0, 0.1) is 0 Å². The van der Waals surface area contributed by atoms with E-state index in [-0.39, 0.29) is 80.1 Å². The first-order chi connectivity index (χ1) is 0. The molecular formula is H5CoLiMnO5. The maximum atomic E-state index is 0. The van der Waals surface area contributed by atoms with Crippen LogP contribution < -0.4 is 18.9 Å². The molecule has 0 atom stereocenters. The van der Waals surface area contributed by atoms with Crippen molar-refractivity contribution < 1.29 is 80.1 Å². The molecule has 8 heteroatoms. The van der Waals surface area contributed by atoms with E-state index in [4.69, 9.17) is 0 Å². The van der Waals surface area contributed by atoms with Gasteiger partial charge in [-0.15, -0.1) is 0 Å². The summed E-state index contributed by atoms with van der Waals surface area (Å²) in [5.74, 6) is 0. The Bertz CT molecular complexity index is 12.4. The van der Waals surface area contributed by atoms with Gasteiger partial charge in [0.15, 0.2) is 0 Å². The second kappa shape index (κ2) is 229. The summed E-state index contributed by atoms with van der Waals surface area (Å²) in [6.45, 7) is 0. The molecule has 0 amide bonds. The normalized spacial score (nSPS) is 0. The minimum absolute atomic E-state index is 0. The molecule has 0 fully saturated rings. The van der Waals surface area contributed by atoms with Crippen LogP contribution >= 0.6 is 0 Å². The Kier molecular flexibility index (Phi) is 9450. The molecule has 0 spiro atoms. The topological polar surface area (TPSA) is 150 Å². The van der Waals surface area contributed by atoms with Crippen LogP contribution in [-0.2, 0) is 33.8 Å². The van der Waals surface area contributed by atoms with Crippen LogP contribution in [0.1, 0.15) is 0 Å². The smallest absolute Gasteiger partial charge is 0.870 e. The molecule has 0 aliphatic rings. The quantitative estimate of drug-likeness (QED) is 0.371. The molecule has 0 saturated carbocycles. The molecule has 0 bridgehead atoms. The third kappa shape index (κ3) is 151. The maximum absolute atomic E-state index is 0. The molecule has 0 unspecified atom stereocenters. The maximum Gasteiger partial charge on any atom is 2.00 e. The first kappa shape index (κ1) is 330. The predicted molar refractivity (Wildman–Crippen MR) is 9.68 cm³/mol. The van der Waals surface area contributed by atoms with E-state index in [1.54, 1.807) is 0 Å². The van der Waals surface area contributed by atoms with Crippen LogP contribution in [0.4, 0.5) is 0 Å². The summed E-state index contributed by atoms with van der Waals surface area (Å²) >= 11 is 0. The van der Waals surface area contributed by atoms with Crippen LogP contribution in [-0.4, -0.2) is 27.4 Å².